The molecule has 2 N–H and O–H groups in total. The van der Waals surface area contributed by atoms with E-state index in [2.05, 4.69) is 75.4 Å². The van der Waals surface area contributed by atoms with Gasteiger partial charge in [0.05, 0.1) is 5.52 Å². The Morgan fingerprint density at radius 2 is 1.31 bits per heavy atom. The third-order valence-electron chi connectivity index (χ3n) is 7.60. The van der Waals surface area contributed by atoms with Crippen LogP contribution in [0.2, 0.25) is 0 Å². The van der Waals surface area contributed by atoms with E-state index in [1.807, 2.05) is 48.5 Å². The Bertz CT molecular complexity index is 1350. The number of Topliss-reactive ketones (excluding diaryl/α,β-unsaturated/α-hetero) is 3. The van der Waals surface area contributed by atoms with Gasteiger partial charge < -0.3 is 5.73 Å². The van der Waals surface area contributed by atoms with Crippen molar-refractivity contribution in [2.45, 2.75) is 140 Å². The maximum atomic E-state index is 11.6. The molecule has 1 heterocycles. The molecule has 48 heavy (non-hydrogen) atoms. The fourth-order valence-electron chi connectivity index (χ4n) is 4.02. The molecular weight excluding hydrogens is 660 g/mol. The van der Waals surface area contributed by atoms with Gasteiger partial charge in [-0.25, -0.2) is 4.98 Å². The predicted molar refractivity (Wildman–Crippen MR) is 213 cm³/mol. The molecule has 0 unspecified atom stereocenters. The minimum absolute atomic E-state index is 0.0135. The number of nitrogen functional groups attached to an aromatic ring is 1. The average Bonchev–Trinajstić information content (AvgIpc) is 3.07. The number of pyridine rings is 1. The summed E-state index contributed by atoms with van der Waals surface area (Å²) in [7, 11) is 0. The molecule has 0 aliphatic carbocycles. The highest BCUT2D eigenvalue weighted by atomic mass is 79.9. The minimum atomic E-state index is -0.0135. The Morgan fingerprint density at radius 1 is 0.750 bits per heavy atom. The second-order valence-electron chi connectivity index (χ2n) is 12.4. The largest absolute Gasteiger partial charge is 0.384 e. The lowest BCUT2D eigenvalue weighted by molar-refractivity contribution is -0.117. The van der Waals surface area contributed by atoms with Crippen LogP contribution in [0.1, 0.15) is 150 Å². The fraction of sp³-hybridized carbons (Fsp3) is 0.524. The van der Waals surface area contributed by atoms with Gasteiger partial charge in [-0.15, -0.1) is 0 Å². The average molecular weight is 726 g/mol. The van der Waals surface area contributed by atoms with Crippen LogP contribution in [-0.4, -0.2) is 22.3 Å². The summed E-state index contributed by atoms with van der Waals surface area (Å²) in [6, 6.07) is 17.3. The summed E-state index contributed by atoms with van der Waals surface area (Å²) in [5.74, 6) is 1.33. The molecule has 5 nitrogen and oxygen atoms in total. The predicted octanol–water partition coefficient (Wildman–Crippen LogP) is 12.7. The van der Waals surface area contributed by atoms with Gasteiger partial charge in [-0.05, 0) is 81.4 Å². The lowest BCUT2D eigenvalue weighted by atomic mass is 9.98. The van der Waals surface area contributed by atoms with E-state index < -0.39 is 0 Å². The zero-order valence-electron chi connectivity index (χ0n) is 32.0. The first-order chi connectivity index (χ1) is 22.7. The van der Waals surface area contributed by atoms with Crippen LogP contribution in [0.5, 0.6) is 0 Å². The number of hydrogen-bond donors (Lipinski definition) is 1. The van der Waals surface area contributed by atoms with E-state index >= 15 is 0 Å². The molecular formula is C42H65BrN2O3. The molecule has 0 bridgehead atoms. The van der Waals surface area contributed by atoms with Crippen molar-refractivity contribution < 1.29 is 14.4 Å². The molecule has 0 amide bonds. The molecule has 3 aromatic rings. The second-order valence-corrected chi connectivity index (χ2v) is 13.3. The smallest absolute Gasteiger partial charge is 0.159 e. The van der Waals surface area contributed by atoms with Gasteiger partial charge in [-0.3, -0.25) is 14.4 Å². The number of halogens is 1. The number of allylic oxidation sites excluding steroid dienone is 2. The Labute approximate surface area is 301 Å². The Hall–Kier alpha value is -3.12. The van der Waals surface area contributed by atoms with Crippen molar-refractivity contribution in [2.75, 3.05) is 5.73 Å². The summed E-state index contributed by atoms with van der Waals surface area (Å²) in [5.41, 5.74) is 9.92. The quantitative estimate of drug-likeness (QED) is 0.114. The maximum Gasteiger partial charge on any atom is 0.159 e. The zero-order chi connectivity index (χ0) is 37.1. The normalized spacial score (nSPS) is 10.5. The summed E-state index contributed by atoms with van der Waals surface area (Å²) in [4.78, 5) is 37.5. The number of carbonyl (C=O) groups is 3. The van der Waals surface area contributed by atoms with Crippen LogP contribution < -0.4 is 5.73 Å². The van der Waals surface area contributed by atoms with Crippen molar-refractivity contribution in [1.29, 1.82) is 0 Å². The van der Waals surface area contributed by atoms with Crippen molar-refractivity contribution in [3.8, 4) is 0 Å². The number of anilines is 1. The Balaban J connectivity index is 0. The highest BCUT2D eigenvalue weighted by Crippen LogP contribution is 2.23. The van der Waals surface area contributed by atoms with Crippen LogP contribution in [0.4, 0.5) is 5.82 Å². The maximum absolute atomic E-state index is 11.6. The second kappa shape index (κ2) is 28.9. The van der Waals surface area contributed by atoms with E-state index in [1.54, 1.807) is 20.8 Å². The highest BCUT2D eigenvalue weighted by molar-refractivity contribution is 9.10. The molecule has 6 heteroatoms. The number of ketones is 3. The molecule has 0 saturated carbocycles. The summed E-state index contributed by atoms with van der Waals surface area (Å²) in [6.45, 7) is 21.7. The third-order valence-corrected chi connectivity index (χ3v) is 8.10. The van der Waals surface area contributed by atoms with Gasteiger partial charge >= 0.3 is 0 Å². The van der Waals surface area contributed by atoms with Crippen LogP contribution in [0.25, 0.3) is 10.9 Å². The van der Waals surface area contributed by atoms with Gasteiger partial charge in [-0.2, -0.15) is 0 Å². The number of fused-ring (bicyclic) bond motifs is 1. The lowest BCUT2D eigenvalue weighted by Gasteiger charge is -2.06. The van der Waals surface area contributed by atoms with Crippen molar-refractivity contribution in [2.24, 2.45) is 5.92 Å². The number of nitrogens with zero attached hydrogens (tertiary/aromatic N) is 1. The van der Waals surface area contributed by atoms with Gasteiger partial charge in [0.1, 0.15) is 5.82 Å². The van der Waals surface area contributed by atoms with E-state index in [9.17, 15) is 14.4 Å². The van der Waals surface area contributed by atoms with Crippen molar-refractivity contribution in [3.63, 3.8) is 0 Å². The third kappa shape index (κ3) is 22.4. The number of carbonyl (C=O) groups excluding carboxylic acids is 3. The molecule has 0 atom stereocenters. The summed E-state index contributed by atoms with van der Waals surface area (Å²) in [6.07, 6.45) is 12.1. The number of aromatic nitrogens is 1. The SMILES string of the molecule is CC(=O)/C(C)=C(/C)C(=O)CCC(C)C.CC(=O)c1ccccc1.CCCC.CCCCCCC.CCc1cc(N)nc2cc(Br)ccc12. The van der Waals surface area contributed by atoms with E-state index in [-0.39, 0.29) is 17.3 Å². The fourth-order valence-corrected chi connectivity index (χ4v) is 4.37. The zero-order valence-corrected chi connectivity index (χ0v) is 33.6. The van der Waals surface area contributed by atoms with E-state index in [0.717, 1.165) is 28.4 Å². The lowest BCUT2D eigenvalue weighted by Crippen LogP contribution is -2.07. The van der Waals surface area contributed by atoms with Crippen LogP contribution in [0, 0.1) is 5.92 Å². The number of benzene rings is 2. The van der Waals surface area contributed by atoms with Crippen molar-refractivity contribution in [3.05, 3.63) is 81.3 Å². The molecule has 0 aliphatic rings. The monoisotopic (exact) mass is 724 g/mol. The summed E-state index contributed by atoms with van der Waals surface area (Å²) in [5, 5.41) is 1.19. The van der Waals surface area contributed by atoms with Gasteiger partial charge in [0, 0.05) is 21.8 Å². The van der Waals surface area contributed by atoms with Crippen LogP contribution in [0.3, 0.4) is 0 Å². The summed E-state index contributed by atoms with van der Waals surface area (Å²) >= 11 is 3.42. The molecule has 0 saturated heterocycles. The number of rotatable bonds is 12. The topological polar surface area (TPSA) is 90.1 Å². The number of nitrogens with two attached hydrogens (primary N) is 1. The van der Waals surface area contributed by atoms with E-state index in [4.69, 9.17) is 5.73 Å². The van der Waals surface area contributed by atoms with Crippen molar-refractivity contribution in [1.82, 2.24) is 4.98 Å². The van der Waals surface area contributed by atoms with Crippen LogP contribution in [0.15, 0.2) is 70.2 Å². The molecule has 268 valence electrons. The van der Waals surface area contributed by atoms with Crippen LogP contribution in [-0.2, 0) is 16.0 Å². The summed E-state index contributed by atoms with van der Waals surface area (Å²) < 4.78 is 1.03. The molecule has 0 aliphatic heterocycles. The minimum Gasteiger partial charge on any atom is -0.384 e. The highest BCUT2D eigenvalue weighted by Gasteiger charge is 2.11. The number of aryl methyl sites for hydroxylation is 1. The first kappa shape index (κ1) is 47.0. The molecule has 0 fully saturated rings. The van der Waals surface area contributed by atoms with Gasteiger partial charge in [0.2, 0.25) is 0 Å². The molecule has 2 aromatic carbocycles. The Kier molecular flexibility index (Phi) is 28.3. The van der Waals surface area contributed by atoms with Gasteiger partial charge in [0.15, 0.2) is 17.3 Å². The first-order valence-corrected chi connectivity index (χ1v) is 18.6. The first-order valence-electron chi connectivity index (χ1n) is 17.8. The van der Waals surface area contributed by atoms with Gasteiger partial charge in [-0.1, -0.05) is 146 Å². The molecule has 0 radical (unpaired) electrons. The van der Waals surface area contributed by atoms with Crippen molar-refractivity contribution >= 4 is 50.0 Å². The van der Waals surface area contributed by atoms with E-state index in [1.165, 1.54) is 62.8 Å². The molecule has 0 spiro atoms. The van der Waals surface area contributed by atoms with E-state index in [0.29, 0.717) is 29.3 Å². The standard InChI is InChI=1S/C12H20O2.C11H11BrN2.C8H8O.C7H16.C4H10/c1-8(2)6-7-12(14)10(4)9(3)11(5)13;1-2-7-5-11(13)14-10-6-8(12)3-4-9(7)10;1-7(9)8-5-3-2-4-6-8;1-3-5-7-6-4-2;1-3-4-2/h8H,6-7H2,1-5H3;3-6H,2H2,1H3,(H2,13,14);2-6H,1H3;3-7H2,1-2H3;3-4H2,1-2H3/b10-9-;;;;. The number of unbranched alkanes of at least 4 members (excludes halogenated alkanes) is 5. The van der Waals surface area contributed by atoms with Crippen LogP contribution >= 0.6 is 15.9 Å². The van der Waals surface area contributed by atoms with Gasteiger partial charge in [0.25, 0.3) is 0 Å². The molecule has 1 aromatic heterocycles. The number of hydrogen-bond acceptors (Lipinski definition) is 5. The Morgan fingerprint density at radius 3 is 1.73 bits per heavy atom. The molecule has 3 rings (SSSR count).